The zero-order valence-electron chi connectivity index (χ0n) is 9.55. The topological polar surface area (TPSA) is 83.5 Å². The third-order valence-electron chi connectivity index (χ3n) is 2.72. The second-order valence-corrected chi connectivity index (χ2v) is 6.71. The summed E-state index contributed by atoms with van der Waals surface area (Å²) in [6.45, 7) is 0.306. The van der Waals surface area contributed by atoms with Crippen molar-refractivity contribution in [1.82, 2.24) is 4.72 Å². The van der Waals surface area contributed by atoms with Gasteiger partial charge >= 0.3 is 5.97 Å². The Morgan fingerprint density at radius 1 is 1.50 bits per heavy atom. The Balaban J connectivity index is 2.07. The zero-order chi connectivity index (χ0) is 13.2. The van der Waals surface area contributed by atoms with Gasteiger partial charge in [0.05, 0.1) is 4.90 Å². The summed E-state index contributed by atoms with van der Waals surface area (Å²) in [7, 11) is -3.60. The highest BCUT2D eigenvalue weighted by Crippen LogP contribution is 2.20. The molecule has 1 aromatic heterocycles. The van der Waals surface area contributed by atoms with E-state index in [9.17, 15) is 13.2 Å². The van der Waals surface area contributed by atoms with Crippen LogP contribution in [-0.4, -0.2) is 26.0 Å². The van der Waals surface area contributed by atoms with E-state index in [1.165, 1.54) is 11.4 Å². The minimum Gasteiger partial charge on any atom is -0.477 e. The summed E-state index contributed by atoms with van der Waals surface area (Å²) in [4.78, 5) is 10.7. The molecule has 0 saturated carbocycles. The molecule has 5 nitrogen and oxygen atoms in total. The molecule has 0 atom stereocenters. The number of aromatic carboxylic acids is 1. The standard InChI is InChI=1S/C11H13NO4S2/c13-11(14)10-5-9(7-17-10)18(15,16)12-6-8-3-1-2-4-8/h3,5,7,12H,1-2,4,6H2,(H,13,14). The first-order chi connectivity index (χ1) is 8.49. The lowest BCUT2D eigenvalue weighted by Crippen LogP contribution is -2.25. The van der Waals surface area contributed by atoms with Gasteiger partial charge in [0.2, 0.25) is 10.0 Å². The van der Waals surface area contributed by atoms with E-state index >= 15 is 0 Å². The predicted octanol–water partition coefficient (Wildman–Crippen LogP) is 1.83. The Kier molecular flexibility index (Phi) is 3.84. The highest BCUT2D eigenvalue weighted by Gasteiger charge is 2.19. The Hall–Kier alpha value is -1.18. The van der Waals surface area contributed by atoms with E-state index < -0.39 is 16.0 Å². The van der Waals surface area contributed by atoms with Gasteiger partial charge in [-0.1, -0.05) is 11.6 Å². The fraction of sp³-hybridized carbons (Fsp3) is 0.364. The Bertz CT molecular complexity index is 586. The average molecular weight is 287 g/mol. The van der Waals surface area contributed by atoms with Crippen LogP contribution in [0.2, 0.25) is 0 Å². The van der Waals surface area contributed by atoms with Crippen LogP contribution in [0.5, 0.6) is 0 Å². The zero-order valence-corrected chi connectivity index (χ0v) is 11.2. The molecule has 18 heavy (non-hydrogen) atoms. The monoisotopic (exact) mass is 287 g/mol. The van der Waals surface area contributed by atoms with Crippen LogP contribution >= 0.6 is 11.3 Å². The molecule has 1 aliphatic carbocycles. The molecule has 7 heteroatoms. The van der Waals surface area contributed by atoms with Crippen LogP contribution in [0.15, 0.2) is 28.0 Å². The molecular formula is C11H13NO4S2. The van der Waals surface area contributed by atoms with Gasteiger partial charge in [0.15, 0.2) is 0 Å². The van der Waals surface area contributed by atoms with Gasteiger partial charge in [-0.05, 0) is 25.3 Å². The smallest absolute Gasteiger partial charge is 0.345 e. The van der Waals surface area contributed by atoms with E-state index in [-0.39, 0.29) is 9.77 Å². The number of sulfonamides is 1. The van der Waals surface area contributed by atoms with Crippen LogP contribution in [0.3, 0.4) is 0 Å². The van der Waals surface area contributed by atoms with Crippen LogP contribution < -0.4 is 4.72 Å². The fourth-order valence-corrected chi connectivity index (χ4v) is 3.89. The molecule has 2 rings (SSSR count). The average Bonchev–Trinajstić information content (AvgIpc) is 2.98. The van der Waals surface area contributed by atoms with E-state index in [1.807, 2.05) is 6.08 Å². The van der Waals surface area contributed by atoms with Crippen molar-refractivity contribution in [3.8, 4) is 0 Å². The molecule has 0 spiro atoms. The first-order valence-corrected chi connectivity index (χ1v) is 7.85. The maximum absolute atomic E-state index is 11.9. The van der Waals surface area contributed by atoms with Gasteiger partial charge in [-0.25, -0.2) is 17.9 Å². The van der Waals surface area contributed by atoms with Crippen LogP contribution in [0.1, 0.15) is 28.9 Å². The normalized spacial score (nSPS) is 15.7. The van der Waals surface area contributed by atoms with Crippen molar-refractivity contribution in [2.24, 2.45) is 0 Å². The van der Waals surface area contributed by atoms with Crippen molar-refractivity contribution < 1.29 is 18.3 Å². The van der Waals surface area contributed by atoms with E-state index in [2.05, 4.69) is 4.72 Å². The number of carbonyl (C=O) groups is 1. The van der Waals surface area contributed by atoms with Gasteiger partial charge in [0.1, 0.15) is 4.88 Å². The Labute approximate surface area is 109 Å². The number of hydrogen-bond donors (Lipinski definition) is 2. The van der Waals surface area contributed by atoms with Crippen molar-refractivity contribution in [3.63, 3.8) is 0 Å². The number of rotatable bonds is 5. The van der Waals surface area contributed by atoms with Crippen LogP contribution in [-0.2, 0) is 10.0 Å². The van der Waals surface area contributed by atoms with Crippen molar-refractivity contribution >= 4 is 27.3 Å². The predicted molar refractivity (Wildman–Crippen MR) is 68.4 cm³/mol. The highest BCUT2D eigenvalue weighted by molar-refractivity contribution is 7.89. The molecular weight excluding hydrogens is 274 g/mol. The summed E-state index contributed by atoms with van der Waals surface area (Å²) in [6.07, 6.45) is 5.03. The van der Waals surface area contributed by atoms with Gasteiger partial charge in [-0.2, -0.15) is 0 Å². The van der Waals surface area contributed by atoms with E-state index in [1.54, 1.807) is 0 Å². The third kappa shape index (κ3) is 2.98. The van der Waals surface area contributed by atoms with Crippen LogP contribution in [0, 0.1) is 0 Å². The molecule has 0 amide bonds. The number of carboxylic acid groups (broad SMARTS) is 1. The molecule has 98 valence electrons. The van der Waals surface area contributed by atoms with Crippen molar-refractivity contribution in [2.45, 2.75) is 24.2 Å². The van der Waals surface area contributed by atoms with Crippen molar-refractivity contribution in [2.75, 3.05) is 6.54 Å². The third-order valence-corrected chi connectivity index (χ3v) is 5.17. The summed E-state index contributed by atoms with van der Waals surface area (Å²) >= 11 is 0.909. The molecule has 0 saturated heterocycles. The lowest BCUT2D eigenvalue weighted by Gasteiger charge is -2.05. The molecule has 0 aliphatic heterocycles. The van der Waals surface area contributed by atoms with Gasteiger partial charge in [0, 0.05) is 11.9 Å². The first kappa shape index (κ1) is 13.3. The second-order valence-electron chi connectivity index (χ2n) is 4.03. The van der Waals surface area contributed by atoms with Gasteiger partial charge in [-0.15, -0.1) is 11.3 Å². The number of thiophene rings is 1. The summed E-state index contributed by atoms with van der Waals surface area (Å²) in [5, 5.41) is 10.1. The number of hydrogen-bond acceptors (Lipinski definition) is 4. The first-order valence-electron chi connectivity index (χ1n) is 5.48. The largest absolute Gasteiger partial charge is 0.477 e. The molecule has 0 radical (unpaired) electrons. The highest BCUT2D eigenvalue weighted by atomic mass is 32.2. The molecule has 0 bridgehead atoms. The molecule has 0 aromatic carbocycles. The molecule has 1 heterocycles. The summed E-state index contributed by atoms with van der Waals surface area (Å²) < 4.78 is 26.3. The number of allylic oxidation sites excluding steroid dienone is 1. The fourth-order valence-electron chi connectivity index (χ4n) is 1.74. The van der Waals surface area contributed by atoms with E-state index in [0.29, 0.717) is 6.54 Å². The summed E-state index contributed by atoms with van der Waals surface area (Å²) in [5.74, 6) is -1.11. The Morgan fingerprint density at radius 3 is 2.83 bits per heavy atom. The lowest BCUT2D eigenvalue weighted by atomic mass is 10.2. The number of carboxylic acids is 1. The van der Waals surface area contributed by atoms with Crippen molar-refractivity contribution in [3.05, 3.63) is 28.0 Å². The molecule has 0 unspecified atom stereocenters. The van der Waals surface area contributed by atoms with Gasteiger partial charge in [0.25, 0.3) is 0 Å². The second kappa shape index (κ2) is 5.21. The van der Waals surface area contributed by atoms with Crippen LogP contribution in [0.25, 0.3) is 0 Å². The Morgan fingerprint density at radius 2 is 2.28 bits per heavy atom. The minimum atomic E-state index is -3.60. The van der Waals surface area contributed by atoms with Crippen LogP contribution in [0.4, 0.5) is 0 Å². The van der Waals surface area contributed by atoms with E-state index in [4.69, 9.17) is 5.11 Å². The maximum Gasteiger partial charge on any atom is 0.345 e. The van der Waals surface area contributed by atoms with E-state index in [0.717, 1.165) is 36.2 Å². The quantitative estimate of drug-likeness (QED) is 0.809. The van der Waals surface area contributed by atoms with Gasteiger partial charge in [-0.3, -0.25) is 0 Å². The lowest BCUT2D eigenvalue weighted by molar-refractivity contribution is 0.0702. The summed E-state index contributed by atoms with van der Waals surface area (Å²) in [6, 6.07) is 1.18. The summed E-state index contributed by atoms with van der Waals surface area (Å²) in [5.41, 5.74) is 1.09. The SMILES string of the molecule is O=C(O)c1cc(S(=O)(=O)NCC2=CCCC2)cs1. The maximum atomic E-state index is 11.9. The minimum absolute atomic E-state index is 0.0171. The number of nitrogens with one attached hydrogen (secondary N) is 1. The molecule has 1 aliphatic rings. The molecule has 2 N–H and O–H groups in total. The molecule has 1 aromatic rings. The molecule has 0 fully saturated rings. The van der Waals surface area contributed by atoms with Gasteiger partial charge < -0.3 is 5.11 Å². The van der Waals surface area contributed by atoms with Crippen molar-refractivity contribution in [1.29, 1.82) is 0 Å².